The van der Waals surface area contributed by atoms with Crippen LogP contribution >= 0.6 is 0 Å². The number of amides is 2. The van der Waals surface area contributed by atoms with Crippen molar-refractivity contribution in [3.05, 3.63) is 65.5 Å². The zero-order valence-corrected chi connectivity index (χ0v) is 16.5. The largest absolute Gasteiger partial charge is 0.346 e. The standard InChI is InChI=1S/C21H23F3N4O2/c1-27-8-10-28(11-9-27)19(14-2-4-15(22)5-3-14)13-25-20(29)21(30)26-18-7-6-16(23)12-17(18)24/h2-7,12,19H,8-11,13H2,1H3,(H,25,29)(H,26,30). The maximum Gasteiger partial charge on any atom is 0.313 e. The molecule has 0 aromatic heterocycles. The average Bonchev–Trinajstić information content (AvgIpc) is 2.72. The molecule has 0 radical (unpaired) electrons. The van der Waals surface area contributed by atoms with Gasteiger partial charge in [-0.1, -0.05) is 12.1 Å². The van der Waals surface area contributed by atoms with Gasteiger partial charge in [0, 0.05) is 38.8 Å². The second-order valence-electron chi connectivity index (χ2n) is 7.19. The van der Waals surface area contributed by atoms with Crippen molar-refractivity contribution in [2.45, 2.75) is 6.04 Å². The van der Waals surface area contributed by atoms with Gasteiger partial charge in [-0.15, -0.1) is 0 Å². The number of hydrogen-bond acceptors (Lipinski definition) is 4. The quantitative estimate of drug-likeness (QED) is 0.728. The maximum atomic E-state index is 13.7. The van der Waals surface area contributed by atoms with E-state index in [1.807, 2.05) is 7.05 Å². The Morgan fingerprint density at radius 3 is 2.20 bits per heavy atom. The fourth-order valence-electron chi connectivity index (χ4n) is 3.32. The van der Waals surface area contributed by atoms with Crippen molar-refractivity contribution in [3.63, 3.8) is 0 Å². The molecule has 0 saturated carbocycles. The first-order valence-corrected chi connectivity index (χ1v) is 9.56. The van der Waals surface area contributed by atoms with Crippen LogP contribution in [-0.4, -0.2) is 61.4 Å². The van der Waals surface area contributed by atoms with Gasteiger partial charge in [0.1, 0.15) is 17.5 Å². The number of carbonyl (C=O) groups excluding carboxylic acids is 2. The molecule has 2 amide bonds. The minimum Gasteiger partial charge on any atom is -0.346 e. The van der Waals surface area contributed by atoms with Crippen LogP contribution in [0.5, 0.6) is 0 Å². The monoisotopic (exact) mass is 420 g/mol. The van der Waals surface area contributed by atoms with Crippen LogP contribution in [-0.2, 0) is 9.59 Å². The summed E-state index contributed by atoms with van der Waals surface area (Å²) in [4.78, 5) is 28.7. The first kappa shape index (κ1) is 21.8. The lowest BCUT2D eigenvalue weighted by Crippen LogP contribution is -2.49. The molecule has 6 nitrogen and oxygen atoms in total. The number of anilines is 1. The van der Waals surface area contributed by atoms with Crippen molar-refractivity contribution in [1.82, 2.24) is 15.1 Å². The van der Waals surface area contributed by atoms with E-state index in [4.69, 9.17) is 0 Å². The van der Waals surface area contributed by atoms with E-state index in [-0.39, 0.29) is 24.1 Å². The summed E-state index contributed by atoms with van der Waals surface area (Å²) >= 11 is 0. The number of piperazine rings is 1. The number of carbonyl (C=O) groups is 2. The molecule has 3 rings (SSSR count). The summed E-state index contributed by atoms with van der Waals surface area (Å²) in [6, 6.07) is 8.39. The summed E-state index contributed by atoms with van der Waals surface area (Å²) < 4.78 is 40.0. The summed E-state index contributed by atoms with van der Waals surface area (Å²) in [6.45, 7) is 3.31. The van der Waals surface area contributed by atoms with Gasteiger partial charge in [0.15, 0.2) is 0 Å². The molecule has 0 spiro atoms. The van der Waals surface area contributed by atoms with Gasteiger partial charge in [-0.05, 0) is 36.9 Å². The van der Waals surface area contributed by atoms with E-state index in [2.05, 4.69) is 20.4 Å². The highest BCUT2D eigenvalue weighted by Crippen LogP contribution is 2.22. The molecule has 0 bridgehead atoms. The van der Waals surface area contributed by atoms with E-state index in [0.29, 0.717) is 6.07 Å². The summed E-state index contributed by atoms with van der Waals surface area (Å²) in [6.07, 6.45) is 0. The van der Waals surface area contributed by atoms with Gasteiger partial charge in [-0.3, -0.25) is 14.5 Å². The molecule has 1 heterocycles. The number of benzene rings is 2. The lowest BCUT2D eigenvalue weighted by Gasteiger charge is -2.38. The minimum absolute atomic E-state index is 0.119. The van der Waals surface area contributed by atoms with Crippen molar-refractivity contribution in [2.24, 2.45) is 0 Å². The summed E-state index contributed by atoms with van der Waals surface area (Å²) in [5, 5.41) is 4.69. The highest BCUT2D eigenvalue weighted by molar-refractivity contribution is 6.39. The molecule has 1 unspecified atom stereocenters. The number of halogens is 3. The molecule has 1 saturated heterocycles. The molecule has 1 aliphatic heterocycles. The number of nitrogens with one attached hydrogen (secondary N) is 2. The van der Waals surface area contributed by atoms with Crippen molar-refractivity contribution in [2.75, 3.05) is 45.1 Å². The van der Waals surface area contributed by atoms with Crippen molar-refractivity contribution >= 4 is 17.5 Å². The lowest BCUT2D eigenvalue weighted by atomic mass is 10.0. The summed E-state index contributed by atoms with van der Waals surface area (Å²) in [7, 11) is 2.02. The Bertz CT molecular complexity index is 900. The Morgan fingerprint density at radius 1 is 0.933 bits per heavy atom. The molecule has 2 aromatic carbocycles. The van der Waals surface area contributed by atoms with E-state index in [1.165, 1.54) is 12.1 Å². The second kappa shape index (κ2) is 9.73. The molecule has 1 atom stereocenters. The molecular weight excluding hydrogens is 397 g/mol. The van der Waals surface area contributed by atoms with E-state index in [0.717, 1.165) is 43.9 Å². The molecule has 1 aliphatic rings. The van der Waals surface area contributed by atoms with Crippen molar-refractivity contribution in [1.29, 1.82) is 0 Å². The van der Waals surface area contributed by atoms with E-state index >= 15 is 0 Å². The van der Waals surface area contributed by atoms with Crippen molar-refractivity contribution < 1.29 is 22.8 Å². The Labute approximate surface area is 172 Å². The highest BCUT2D eigenvalue weighted by Gasteiger charge is 2.25. The molecule has 0 aliphatic carbocycles. The van der Waals surface area contributed by atoms with Gasteiger partial charge < -0.3 is 15.5 Å². The predicted molar refractivity (Wildman–Crippen MR) is 106 cm³/mol. The van der Waals surface area contributed by atoms with Crippen LogP contribution in [0.2, 0.25) is 0 Å². The topological polar surface area (TPSA) is 64.7 Å². The molecule has 30 heavy (non-hydrogen) atoms. The van der Waals surface area contributed by atoms with Crippen LogP contribution in [0.3, 0.4) is 0 Å². The Morgan fingerprint density at radius 2 is 1.57 bits per heavy atom. The van der Waals surface area contributed by atoms with Crippen molar-refractivity contribution in [3.8, 4) is 0 Å². The van der Waals surface area contributed by atoms with Crippen LogP contribution < -0.4 is 10.6 Å². The Balaban J connectivity index is 1.65. The third-order valence-corrected chi connectivity index (χ3v) is 5.07. The highest BCUT2D eigenvalue weighted by atomic mass is 19.1. The van der Waals surface area contributed by atoms with Gasteiger partial charge in [0.25, 0.3) is 0 Å². The lowest BCUT2D eigenvalue weighted by molar-refractivity contribution is -0.136. The number of nitrogens with zero attached hydrogens (tertiary/aromatic N) is 2. The zero-order chi connectivity index (χ0) is 21.7. The fraction of sp³-hybridized carbons (Fsp3) is 0.333. The van der Waals surface area contributed by atoms with Crippen LogP contribution in [0.25, 0.3) is 0 Å². The summed E-state index contributed by atoms with van der Waals surface area (Å²) in [5.41, 5.74) is 0.525. The van der Waals surface area contributed by atoms with Crippen LogP contribution in [0, 0.1) is 17.5 Å². The van der Waals surface area contributed by atoms with E-state index in [9.17, 15) is 22.8 Å². The molecule has 160 valence electrons. The van der Waals surface area contributed by atoms with E-state index in [1.54, 1.807) is 12.1 Å². The SMILES string of the molecule is CN1CCN(C(CNC(=O)C(=O)Nc2ccc(F)cc2F)c2ccc(F)cc2)CC1. The van der Waals surface area contributed by atoms with Gasteiger partial charge in [0.05, 0.1) is 11.7 Å². The third kappa shape index (κ3) is 5.58. The first-order chi connectivity index (χ1) is 14.3. The van der Waals surface area contributed by atoms with Gasteiger partial charge in [-0.25, -0.2) is 13.2 Å². The zero-order valence-electron chi connectivity index (χ0n) is 16.5. The first-order valence-electron chi connectivity index (χ1n) is 9.56. The van der Waals surface area contributed by atoms with Gasteiger partial charge in [0.2, 0.25) is 0 Å². The van der Waals surface area contributed by atoms with Crippen LogP contribution in [0.4, 0.5) is 18.9 Å². The molecule has 2 aromatic rings. The summed E-state index contributed by atoms with van der Waals surface area (Å²) in [5.74, 6) is -4.13. The Hall–Kier alpha value is -2.91. The Kier molecular flexibility index (Phi) is 7.07. The molecular formula is C21H23F3N4O2. The van der Waals surface area contributed by atoms with E-state index < -0.39 is 23.4 Å². The molecule has 1 fully saturated rings. The van der Waals surface area contributed by atoms with Gasteiger partial charge >= 0.3 is 11.8 Å². The van der Waals surface area contributed by atoms with Crippen LogP contribution in [0.15, 0.2) is 42.5 Å². The normalized spacial score (nSPS) is 16.1. The predicted octanol–water partition coefficient (Wildman–Crippen LogP) is 2.15. The average molecular weight is 420 g/mol. The molecule has 9 heteroatoms. The number of likely N-dealkylation sites (N-methyl/N-ethyl adjacent to an activating group) is 1. The van der Waals surface area contributed by atoms with Crippen LogP contribution in [0.1, 0.15) is 11.6 Å². The molecule has 2 N–H and O–H groups in total. The third-order valence-electron chi connectivity index (χ3n) is 5.07. The fourth-order valence-corrected chi connectivity index (χ4v) is 3.32. The second-order valence-corrected chi connectivity index (χ2v) is 7.19. The smallest absolute Gasteiger partial charge is 0.313 e. The van der Waals surface area contributed by atoms with Gasteiger partial charge in [-0.2, -0.15) is 0 Å². The minimum atomic E-state index is -1.06. The number of rotatable bonds is 5. The maximum absolute atomic E-state index is 13.7. The number of hydrogen-bond donors (Lipinski definition) is 2.